The molecule has 2 aromatic heterocycles. The number of ketones is 1. The second kappa shape index (κ2) is 7.90. The van der Waals surface area contributed by atoms with Crippen LogP contribution < -0.4 is 5.73 Å². The zero-order valence-electron chi connectivity index (χ0n) is 20.8. The summed E-state index contributed by atoms with van der Waals surface area (Å²) >= 11 is 0. The number of nitrogens with zero attached hydrogens (tertiary/aromatic N) is 5. The molecule has 10 heteroatoms. The number of carbonyl (C=O) groups excluding carboxylic acids is 1. The fraction of sp³-hybridized carbons (Fsp3) is 0.500. The van der Waals surface area contributed by atoms with Gasteiger partial charge in [0.1, 0.15) is 39.4 Å². The average Bonchev–Trinajstić information content (AvgIpc) is 3.59. The molecule has 0 bridgehead atoms. The minimum Gasteiger partial charge on any atom is -0.386 e. The highest BCUT2D eigenvalue weighted by atomic mass is 32.2. The average molecular weight is 509 g/mol. The molecular weight excluding hydrogens is 479 g/mol. The molecule has 1 saturated carbocycles. The lowest BCUT2D eigenvalue weighted by molar-refractivity contribution is 0.0986. The minimum absolute atomic E-state index is 0.00657. The molecule has 0 amide bonds. The number of aliphatic imine (C=N–C) groups is 1. The van der Waals surface area contributed by atoms with Gasteiger partial charge in [0.25, 0.3) is 0 Å². The Labute approximate surface area is 210 Å². The van der Waals surface area contributed by atoms with Crippen molar-refractivity contribution in [2.45, 2.75) is 68.9 Å². The van der Waals surface area contributed by atoms with Crippen LogP contribution in [0.15, 0.2) is 33.8 Å². The van der Waals surface area contributed by atoms with Crippen molar-refractivity contribution < 1.29 is 13.4 Å². The van der Waals surface area contributed by atoms with Crippen molar-refractivity contribution in [2.75, 3.05) is 6.54 Å². The number of pyridine rings is 2. The van der Waals surface area contributed by atoms with Gasteiger partial charge in [-0.3, -0.25) is 19.8 Å². The molecule has 8 nitrogen and oxygen atoms in total. The van der Waals surface area contributed by atoms with Crippen LogP contribution in [0, 0.1) is 29.5 Å². The molecule has 3 aliphatic rings. The Hall–Kier alpha value is -3.19. The monoisotopic (exact) mass is 508 g/mol. The zero-order valence-corrected chi connectivity index (χ0v) is 21.7. The number of hydrogen-bond acceptors (Lipinski definition) is 8. The molecule has 2 aliphatic heterocycles. The summed E-state index contributed by atoms with van der Waals surface area (Å²) in [5, 5.41) is 8.50. The van der Waals surface area contributed by atoms with Crippen LogP contribution >= 0.6 is 0 Å². The Balaban J connectivity index is 1.57. The lowest BCUT2D eigenvalue weighted by Gasteiger charge is -2.49. The summed E-state index contributed by atoms with van der Waals surface area (Å²) in [4.78, 5) is 26.5. The normalized spacial score (nSPS) is 29.4. The van der Waals surface area contributed by atoms with E-state index in [1.54, 1.807) is 33.8 Å². The van der Waals surface area contributed by atoms with Crippen LogP contribution in [0.25, 0.3) is 0 Å². The molecule has 1 spiro atoms. The first-order valence-electron chi connectivity index (χ1n) is 12.0. The number of halogens is 1. The summed E-state index contributed by atoms with van der Waals surface area (Å²) in [7, 11) is -2.90. The number of carbonyl (C=O) groups is 1. The van der Waals surface area contributed by atoms with Gasteiger partial charge in [-0.05, 0) is 76.1 Å². The van der Waals surface area contributed by atoms with E-state index in [0.717, 1.165) is 12.8 Å². The summed E-state index contributed by atoms with van der Waals surface area (Å²) < 4.78 is 33.6. The highest BCUT2D eigenvalue weighted by molar-refractivity contribution is 7.96. The second-order valence-electron chi connectivity index (χ2n) is 10.9. The van der Waals surface area contributed by atoms with Gasteiger partial charge < -0.3 is 5.73 Å². The van der Waals surface area contributed by atoms with Crippen LogP contribution in [0.2, 0.25) is 0 Å². The van der Waals surface area contributed by atoms with E-state index in [0.29, 0.717) is 29.8 Å². The third-order valence-corrected chi connectivity index (χ3v) is 11.7. The minimum atomic E-state index is -2.90. The van der Waals surface area contributed by atoms with Gasteiger partial charge >= 0.3 is 0 Å². The molecule has 1 fully saturated rings. The molecule has 4 heterocycles. The summed E-state index contributed by atoms with van der Waals surface area (Å²) in [6.45, 7) is 7.56. The molecule has 0 saturated heterocycles. The van der Waals surface area contributed by atoms with Crippen LogP contribution in [-0.2, 0) is 21.7 Å². The fourth-order valence-electron chi connectivity index (χ4n) is 5.38. The van der Waals surface area contributed by atoms with E-state index in [1.807, 2.05) is 6.07 Å². The van der Waals surface area contributed by atoms with Gasteiger partial charge in [0, 0.05) is 11.9 Å². The van der Waals surface area contributed by atoms with Crippen molar-refractivity contribution in [3.63, 3.8) is 0 Å². The van der Waals surface area contributed by atoms with E-state index in [2.05, 4.69) is 9.97 Å². The first-order valence-corrected chi connectivity index (χ1v) is 13.6. The lowest BCUT2D eigenvalue weighted by atomic mass is 9.84. The van der Waals surface area contributed by atoms with Crippen LogP contribution in [0.3, 0.4) is 0 Å². The van der Waals surface area contributed by atoms with Crippen molar-refractivity contribution in [3.8, 4) is 6.07 Å². The number of amidine groups is 1. The van der Waals surface area contributed by atoms with E-state index in [4.69, 9.17) is 20.4 Å². The molecule has 2 N–H and O–H groups in total. The predicted molar refractivity (Wildman–Crippen MR) is 134 cm³/mol. The van der Waals surface area contributed by atoms with Gasteiger partial charge in [-0.15, -0.1) is 0 Å². The smallest absolute Gasteiger partial charge is 0.187 e. The number of nitrogens with two attached hydrogens (primary N) is 1. The summed E-state index contributed by atoms with van der Waals surface area (Å²) in [6.07, 6.45) is 3.86. The predicted octanol–water partition coefficient (Wildman–Crippen LogP) is 3.61. The maximum atomic E-state index is 15.4. The van der Waals surface area contributed by atoms with E-state index < -0.39 is 31.1 Å². The van der Waals surface area contributed by atoms with Crippen LogP contribution in [0.1, 0.15) is 73.0 Å². The van der Waals surface area contributed by atoms with E-state index >= 15 is 4.39 Å². The molecular formula is C26H29FN6O2S. The molecule has 0 aromatic carbocycles. The Morgan fingerprint density at radius 3 is 2.67 bits per heavy atom. The van der Waals surface area contributed by atoms with Crippen molar-refractivity contribution in [1.82, 2.24) is 9.97 Å². The molecule has 2 aromatic rings. The molecule has 188 valence electrons. The van der Waals surface area contributed by atoms with Crippen LogP contribution in [0.5, 0.6) is 0 Å². The Morgan fingerprint density at radius 2 is 2.03 bits per heavy atom. The van der Waals surface area contributed by atoms with Crippen molar-refractivity contribution in [2.24, 2.45) is 20.5 Å². The first kappa shape index (κ1) is 24.5. The molecule has 0 unspecified atom stereocenters. The summed E-state index contributed by atoms with van der Waals surface area (Å²) in [5.74, 6) is -0.718. The van der Waals surface area contributed by atoms with Gasteiger partial charge in [0.05, 0.1) is 33.5 Å². The Bertz CT molecular complexity index is 1500. The molecule has 1 aliphatic carbocycles. The maximum absolute atomic E-state index is 15.4. The quantitative estimate of drug-likeness (QED) is 0.627. The van der Waals surface area contributed by atoms with Crippen molar-refractivity contribution in [1.29, 1.82) is 5.26 Å². The number of Topliss-reactive ketones (excluding diaryl/α,β-unsaturated/α-hetero) is 1. The van der Waals surface area contributed by atoms with Gasteiger partial charge in [-0.1, -0.05) is 0 Å². The molecule has 36 heavy (non-hydrogen) atoms. The largest absolute Gasteiger partial charge is 0.386 e. The second-order valence-corrected chi connectivity index (χ2v) is 13.9. The number of rotatable bonds is 4. The Morgan fingerprint density at radius 1 is 1.31 bits per heavy atom. The molecule has 5 rings (SSSR count). The topological polar surface area (TPSA) is 134 Å². The van der Waals surface area contributed by atoms with Crippen LogP contribution in [0.4, 0.5) is 4.39 Å². The number of hydrogen-bond donors (Lipinski definition) is 1. The van der Waals surface area contributed by atoms with E-state index in [-0.39, 0.29) is 34.8 Å². The summed E-state index contributed by atoms with van der Waals surface area (Å²) in [5.41, 5.74) is 6.63. The highest BCUT2D eigenvalue weighted by Crippen LogP contribution is 2.58. The van der Waals surface area contributed by atoms with Crippen molar-refractivity contribution in [3.05, 3.63) is 58.4 Å². The highest BCUT2D eigenvalue weighted by Gasteiger charge is 2.62. The van der Waals surface area contributed by atoms with E-state index in [1.165, 1.54) is 18.3 Å². The van der Waals surface area contributed by atoms with Gasteiger partial charge in [-0.2, -0.15) is 5.26 Å². The van der Waals surface area contributed by atoms with E-state index in [9.17, 15) is 9.00 Å². The SMILES string of the molecule is Cc1cc(C#N)cnc1C(=O)Cc1ccc(F)c([C@@]2(C)N=C(N)C(C)(C)[S@@]3(=O)=NCC4(CC4)C[C@H]23)n1. The number of fused-ring (bicyclic) bond motifs is 1. The molecule has 0 radical (unpaired) electrons. The van der Waals surface area contributed by atoms with Gasteiger partial charge in [0.15, 0.2) is 5.78 Å². The van der Waals surface area contributed by atoms with Crippen LogP contribution in [-0.4, -0.2) is 42.3 Å². The number of nitriles is 1. The van der Waals surface area contributed by atoms with Gasteiger partial charge in [0.2, 0.25) is 0 Å². The number of aromatic nitrogens is 2. The third-order valence-electron chi connectivity index (χ3n) is 8.08. The van der Waals surface area contributed by atoms with Gasteiger partial charge in [-0.25, -0.2) is 13.0 Å². The third kappa shape index (κ3) is 3.55. The zero-order chi connectivity index (χ0) is 26.1. The maximum Gasteiger partial charge on any atom is 0.187 e. The Kier molecular flexibility index (Phi) is 5.38. The van der Waals surface area contributed by atoms with Crippen molar-refractivity contribution >= 4 is 21.3 Å². The number of aryl methyl sites for hydroxylation is 1. The molecule has 3 atom stereocenters. The summed E-state index contributed by atoms with van der Waals surface area (Å²) in [6, 6.07) is 6.34. The lowest BCUT2D eigenvalue weighted by Crippen LogP contribution is -2.61. The fourth-order valence-corrected chi connectivity index (χ4v) is 8.77. The standard InChI is InChI=1S/C26H29FN6O2S/c1-15-9-16(12-28)13-30-21(15)19(34)10-17-5-6-18(27)22(32-17)25(4)20-11-26(7-8-26)14-31-36(20,35)24(2,3)23(29)33-25/h5-6,9,13,20H,7-8,10-11,14H2,1-4H3,(H2,29,33)/t20-,25+,36-/m1/s1. The first-order chi connectivity index (χ1) is 16.8.